The lowest BCUT2D eigenvalue weighted by Crippen LogP contribution is -2.31. The van der Waals surface area contributed by atoms with Crippen molar-refractivity contribution >= 4 is 15.7 Å². The van der Waals surface area contributed by atoms with Crippen molar-refractivity contribution in [3.63, 3.8) is 0 Å². The van der Waals surface area contributed by atoms with Gasteiger partial charge in [-0.05, 0) is 63.3 Å². The number of ether oxygens (including phenoxy) is 1. The molecule has 31 heavy (non-hydrogen) atoms. The van der Waals surface area contributed by atoms with E-state index in [0.29, 0.717) is 54.7 Å². The van der Waals surface area contributed by atoms with Gasteiger partial charge in [-0.15, -0.1) is 0 Å². The van der Waals surface area contributed by atoms with E-state index in [-0.39, 0.29) is 11.7 Å². The molecule has 1 fully saturated rings. The lowest BCUT2D eigenvalue weighted by molar-refractivity contribution is 0.0582. The van der Waals surface area contributed by atoms with Crippen molar-refractivity contribution in [2.75, 3.05) is 4.72 Å². The third-order valence-electron chi connectivity index (χ3n) is 5.68. The van der Waals surface area contributed by atoms with Gasteiger partial charge in [-0.3, -0.25) is 9.52 Å². The van der Waals surface area contributed by atoms with E-state index in [2.05, 4.69) is 11.3 Å². The number of pyridine rings is 1. The minimum absolute atomic E-state index is 0.0771. The number of nitrogens with one attached hydrogen (secondary N) is 1. The van der Waals surface area contributed by atoms with Crippen LogP contribution in [0.5, 0.6) is 5.75 Å². The maximum absolute atomic E-state index is 14.2. The Morgan fingerprint density at radius 2 is 2.00 bits per heavy atom. The smallest absolute Gasteiger partial charge is 0.254 e. The number of anilines is 1. The number of hydrogen-bond donors (Lipinski definition) is 1. The standard InChI is InChI=1S/C23H29FN2O4S/c1-5-16-13-17(15-26(4)22(16)27)20-14-18(25-31(28,29)6-2)7-8-21(20)30-19-9-11-23(3,24)12-10-19/h6-8,13-15,19,25H,2,5,9-12H2,1,3-4H3. The van der Waals surface area contributed by atoms with Gasteiger partial charge in [0.05, 0.1) is 6.10 Å². The predicted octanol–water partition coefficient (Wildman–Crippen LogP) is 4.55. The normalized spacial score (nSPS) is 21.5. The first-order valence-electron chi connectivity index (χ1n) is 10.4. The number of aryl methyl sites for hydroxylation is 2. The molecule has 2 aromatic rings. The number of benzene rings is 1. The van der Waals surface area contributed by atoms with Crippen molar-refractivity contribution in [2.45, 2.75) is 57.7 Å². The molecular formula is C23H29FN2O4S. The van der Waals surface area contributed by atoms with Gasteiger partial charge in [0.25, 0.3) is 15.6 Å². The molecule has 3 rings (SSSR count). The molecule has 0 radical (unpaired) electrons. The van der Waals surface area contributed by atoms with Crippen molar-refractivity contribution in [1.82, 2.24) is 4.57 Å². The first-order chi connectivity index (χ1) is 14.5. The van der Waals surface area contributed by atoms with Gasteiger partial charge in [0.1, 0.15) is 11.4 Å². The van der Waals surface area contributed by atoms with Gasteiger partial charge >= 0.3 is 0 Å². The summed E-state index contributed by atoms with van der Waals surface area (Å²) < 4.78 is 48.3. The van der Waals surface area contributed by atoms with Crippen LogP contribution in [0.25, 0.3) is 11.1 Å². The summed E-state index contributed by atoms with van der Waals surface area (Å²) in [5, 5.41) is 0.842. The Morgan fingerprint density at radius 3 is 2.61 bits per heavy atom. The molecule has 0 amide bonds. The van der Waals surface area contributed by atoms with E-state index in [1.165, 1.54) is 4.57 Å². The highest BCUT2D eigenvalue weighted by atomic mass is 32.2. The average molecular weight is 449 g/mol. The second-order valence-corrected chi connectivity index (χ2v) is 9.91. The molecule has 1 heterocycles. The molecular weight excluding hydrogens is 419 g/mol. The molecule has 1 N–H and O–H groups in total. The largest absolute Gasteiger partial charge is 0.490 e. The summed E-state index contributed by atoms with van der Waals surface area (Å²) in [6, 6.07) is 6.80. The summed E-state index contributed by atoms with van der Waals surface area (Å²) >= 11 is 0. The van der Waals surface area contributed by atoms with Crippen LogP contribution in [0.15, 0.2) is 47.2 Å². The number of hydrogen-bond acceptors (Lipinski definition) is 4. The molecule has 0 bridgehead atoms. The highest BCUT2D eigenvalue weighted by Crippen LogP contribution is 2.38. The zero-order valence-corrected chi connectivity index (χ0v) is 19.0. The topological polar surface area (TPSA) is 77.4 Å². The van der Waals surface area contributed by atoms with Crippen LogP contribution < -0.4 is 15.0 Å². The highest BCUT2D eigenvalue weighted by Gasteiger charge is 2.32. The van der Waals surface area contributed by atoms with Crippen LogP contribution >= 0.6 is 0 Å². The molecule has 0 aliphatic heterocycles. The minimum Gasteiger partial charge on any atom is -0.490 e. The first kappa shape index (κ1) is 23.1. The van der Waals surface area contributed by atoms with Crippen molar-refractivity contribution in [2.24, 2.45) is 7.05 Å². The molecule has 1 aromatic heterocycles. The molecule has 1 saturated carbocycles. The monoisotopic (exact) mass is 448 g/mol. The van der Waals surface area contributed by atoms with Gasteiger partial charge in [-0.25, -0.2) is 12.8 Å². The lowest BCUT2D eigenvalue weighted by atomic mass is 9.86. The second-order valence-electron chi connectivity index (χ2n) is 8.28. The van der Waals surface area contributed by atoms with Gasteiger partial charge in [0, 0.05) is 41.0 Å². The maximum Gasteiger partial charge on any atom is 0.254 e. The number of alkyl halides is 1. The van der Waals surface area contributed by atoms with Crippen molar-refractivity contribution in [1.29, 1.82) is 0 Å². The van der Waals surface area contributed by atoms with Crippen molar-refractivity contribution in [3.8, 4) is 16.9 Å². The Hall–Kier alpha value is -2.61. The van der Waals surface area contributed by atoms with Gasteiger partial charge in [-0.1, -0.05) is 13.5 Å². The van der Waals surface area contributed by atoms with E-state index in [9.17, 15) is 17.6 Å². The highest BCUT2D eigenvalue weighted by molar-refractivity contribution is 7.95. The van der Waals surface area contributed by atoms with E-state index >= 15 is 0 Å². The summed E-state index contributed by atoms with van der Waals surface area (Å²) in [6.07, 6.45) is 4.21. The zero-order valence-electron chi connectivity index (χ0n) is 18.2. The van der Waals surface area contributed by atoms with Gasteiger partial charge in [0.2, 0.25) is 0 Å². The van der Waals surface area contributed by atoms with Gasteiger partial charge < -0.3 is 9.30 Å². The molecule has 0 spiro atoms. The van der Waals surface area contributed by atoms with Crippen LogP contribution in [0, 0.1) is 0 Å². The third-order valence-corrected chi connectivity index (χ3v) is 6.64. The van der Waals surface area contributed by atoms with E-state index in [1.807, 2.05) is 6.92 Å². The van der Waals surface area contributed by atoms with Crippen molar-refractivity contribution in [3.05, 3.63) is 58.4 Å². The summed E-state index contributed by atoms with van der Waals surface area (Å²) in [5.41, 5.74) is 1.15. The van der Waals surface area contributed by atoms with Crippen LogP contribution in [0.1, 0.15) is 45.1 Å². The quantitative estimate of drug-likeness (QED) is 0.674. The fourth-order valence-corrected chi connectivity index (χ4v) is 4.34. The minimum atomic E-state index is -3.68. The van der Waals surface area contributed by atoms with E-state index < -0.39 is 15.7 Å². The number of aromatic nitrogens is 1. The molecule has 6 nitrogen and oxygen atoms in total. The third kappa shape index (κ3) is 5.55. The summed E-state index contributed by atoms with van der Waals surface area (Å²) in [6.45, 7) is 6.84. The SMILES string of the molecule is C=CS(=O)(=O)Nc1ccc(OC2CCC(C)(F)CC2)c(-c2cc(CC)c(=O)n(C)c2)c1. The van der Waals surface area contributed by atoms with Gasteiger partial charge in [0.15, 0.2) is 0 Å². The molecule has 1 aliphatic rings. The van der Waals surface area contributed by atoms with Crippen LogP contribution in [0.4, 0.5) is 10.1 Å². The van der Waals surface area contributed by atoms with Crippen LogP contribution in [0.3, 0.4) is 0 Å². The Bertz CT molecular complexity index is 1130. The summed E-state index contributed by atoms with van der Waals surface area (Å²) in [7, 11) is -2.00. The van der Waals surface area contributed by atoms with Crippen LogP contribution in [0.2, 0.25) is 0 Å². The summed E-state index contributed by atoms with van der Waals surface area (Å²) in [4.78, 5) is 12.3. The fraction of sp³-hybridized carbons (Fsp3) is 0.435. The molecule has 0 atom stereocenters. The Kier molecular flexibility index (Phi) is 6.59. The second kappa shape index (κ2) is 8.86. The predicted molar refractivity (Wildman–Crippen MR) is 122 cm³/mol. The van der Waals surface area contributed by atoms with E-state index in [4.69, 9.17) is 4.74 Å². The molecule has 8 heteroatoms. The number of rotatable bonds is 7. The van der Waals surface area contributed by atoms with Gasteiger partial charge in [-0.2, -0.15) is 0 Å². The van der Waals surface area contributed by atoms with E-state index in [1.54, 1.807) is 44.4 Å². The molecule has 1 aliphatic carbocycles. The zero-order chi connectivity index (χ0) is 22.8. The fourth-order valence-electron chi connectivity index (χ4n) is 3.80. The Morgan fingerprint density at radius 1 is 1.32 bits per heavy atom. The number of halogens is 1. The number of sulfonamides is 1. The molecule has 0 saturated heterocycles. The average Bonchev–Trinajstić information content (AvgIpc) is 2.72. The Labute approximate surface area is 182 Å². The van der Waals surface area contributed by atoms with Crippen molar-refractivity contribution < 1.29 is 17.5 Å². The number of nitrogens with zero attached hydrogens (tertiary/aromatic N) is 1. The lowest BCUT2D eigenvalue weighted by Gasteiger charge is -2.32. The molecule has 1 aromatic carbocycles. The Balaban J connectivity index is 2.03. The molecule has 168 valence electrons. The first-order valence-corrected chi connectivity index (χ1v) is 11.9. The summed E-state index contributed by atoms with van der Waals surface area (Å²) in [5.74, 6) is 0.565. The van der Waals surface area contributed by atoms with E-state index in [0.717, 1.165) is 11.0 Å². The van der Waals surface area contributed by atoms with Crippen LogP contribution in [-0.4, -0.2) is 24.8 Å². The molecule has 0 unspecified atom stereocenters. The van der Waals surface area contributed by atoms with Crippen LogP contribution in [-0.2, 0) is 23.5 Å². The maximum atomic E-state index is 14.2.